The number of benzene rings is 2. The molecule has 2 aromatic carbocycles. The maximum Gasteiger partial charge on any atom is 0.311 e. The Morgan fingerprint density at radius 2 is 1.84 bits per heavy atom. The molecule has 0 radical (unpaired) electrons. The van der Waals surface area contributed by atoms with E-state index in [1.807, 2.05) is 43.3 Å². The summed E-state index contributed by atoms with van der Waals surface area (Å²) in [5, 5.41) is 9.83. The Balaban J connectivity index is 2.48. The molecule has 0 aliphatic carbocycles. The van der Waals surface area contributed by atoms with Crippen molar-refractivity contribution < 1.29 is 14.6 Å². The summed E-state index contributed by atoms with van der Waals surface area (Å²) in [7, 11) is 0. The van der Waals surface area contributed by atoms with E-state index < -0.39 is 0 Å². The highest BCUT2D eigenvalue weighted by Gasteiger charge is 2.14. The van der Waals surface area contributed by atoms with Gasteiger partial charge in [0, 0.05) is 12.0 Å². The van der Waals surface area contributed by atoms with Crippen LogP contribution in [0.25, 0.3) is 11.1 Å². The van der Waals surface area contributed by atoms with Crippen molar-refractivity contribution in [2.45, 2.75) is 20.3 Å². The first-order valence-corrected chi connectivity index (χ1v) is 6.22. The molecule has 0 heterocycles. The molecule has 2 rings (SSSR count). The number of hydrogen-bond acceptors (Lipinski definition) is 3. The summed E-state index contributed by atoms with van der Waals surface area (Å²) in [6, 6.07) is 13.2. The second-order valence-corrected chi connectivity index (χ2v) is 4.28. The largest absolute Gasteiger partial charge is 0.504 e. The first-order chi connectivity index (χ1) is 9.13. The number of rotatable bonds is 3. The molecule has 1 N–H and O–H groups in total. The van der Waals surface area contributed by atoms with Crippen molar-refractivity contribution in [3.8, 4) is 22.6 Å². The lowest BCUT2D eigenvalue weighted by Gasteiger charge is -2.13. The first kappa shape index (κ1) is 13.1. The number of aromatic hydroxyl groups is 1. The summed E-state index contributed by atoms with van der Waals surface area (Å²) in [5.74, 6) is -0.129. The Hall–Kier alpha value is -2.29. The fraction of sp³-hybridized carbons (Fsp3) is 0.188. The van der Waals surface area contributed by atoms with Gasteiger partial charge in [-0.1, -0.05) is 43.3 Å². The molecule has 3 nitrogen and oxygen atoms in total. The Morgan fingerprint density at radius 1 is 1.16 bits per heavy atom. The molecule has 0 aromatic heterocycles. The predicted octanol–water partition coefficient (Wildman–Crippen LogP) is 3.68. The number of phenolic OH excluding ortho intramolecular Hbond substituents is 1. The van der Waals surface area contributed by atoms with E-state index in [-0.39, 0.29) is 23.9 Å². The van der Waals surface area contributed by atoms with Crippen LogP contribution in [0, 0.1) is 6.92 Å². The van der Waals surface area contributed by atoms with Crippen molar-refractivity contribution in [2.24, 2.45) is 0 Å². The third kappa shape index (κ3) is 2.76. The lowest BCUT2D eigenvalue weighted by molar-refractivity contribution is -0.134. The summed E-state index contributed by atoms with van der Waals surface area (Å²) < 4.78 is 5.20. The molecule has 0 aliphatic rings. The van der Waals surface area contributed by atoms with Crippen LogP contribution in [0.3, 0.4) is 0 Å². The summed E-state index contributed by atoms with van der Waals surface area (Å²) in [5.41, 5.74) is 2.72. The van der Waals surface area contributed by atoms with E-state index in [9.17, 15) is 9.90 Å². The number of phenols is 1. The van der Waals surface area contributed by atoms with Crippen LogP contribution in [0.15, 0.2) is 42.5 Å². The number of hydrogen-bond donors (Lipinski definition) is 1. The highest BCUT2D eigenvalue weighted by Crippen LogP contribution is 2.37. The Bertz CT molecular complexity index is 588. The van der Waals surface area contributed by atoms with Crippen molar-refractivity contribution in [2.75, 3.05) is 0 Å². The van der Waals surface area contributed by atoms with Gasteiger partial charge < -0.3 is 9.84 Å². The van der Waals surface area contributed by atoms with Gasteiger partial charge in [-0.3, -0.25) is 4.79 Å². The van der Waals surface area contributed by atoms with Crippen LogP contribution in [-0.2, 0) is 4.79 Å². The van der Waals surface area contributed by atoms with Crippen molar-refractivity contribution >= 4 is 5.97 Å². The maximum atomic E-state index is 11.4. The zero-order valence-corrected chi connectivity index (χ0v) is 11.0. The number of esters is 1. The molecular formula is C16H16O3. The molecule has 2 aromatic rings. The standard InChI is InChI=1S/C16H16O3/c1-3-15(18)19-16-11(2)13(9-10-14(16)17)12-7-5-4-6-8-12/h4-10,17H,3H2,1-2H3. The molecule has 0 bridgehead atoms. The fourth-order valence-corrected chi connectivity index (χ4v) is 1.92. The van der Waals surface area contributed by atoms with Crippen LogP contribution in [0.4, 0.5) is 0 Å². The van der Waals surface area contributed by atoms with Crippen LogP contribution < -0.4 is 4.74 Å². The lowest BCUT2D eigenvalue weighted by atomic mass is 9.99. The minimum absolute atomic E-state index is 0.0148. The van der Waals surface area contributed by atoms with Gasteiger partial charge in [0.25, 0.3) is 0 Å². The van der Waals surface area contributed by atoms with E-state index in [1.54, 1.807) is 13.0 Å². The van der Waals surface area contributed by atoms with E-state index in [0.29, 0.717) is 0 Å². The number of carbonyl (C=O) groups is 1. The predicted molar refractivity (Wildman–Crippen MR) is 74.2 cm³/mol. The summed E-state index contributed by atoms with van der Waals surface area (Å²) >= 11 is 0. The number of carbonyl (C=O) groups excluding carboxylic acids is 1. The monoisotopic (exact) mass is 256 g/mol. The van der Waals surface area contributed by atoms with Gasteiger partial charge in [-0.05, 0) is 24.1 Å². The van der Waals surface area contributed by atoms with Gasteiger partial charge in [0.05, 0.1) is 0 Å². The molecule has 0 saturated carbocycles. The van der Waals surface area contributed by atoms with Crippen LogP contribution >= 0.6 is 0 Å². The van der Waals surface area contributed by atoms with E-state index in [4.69, 9.17) is 4.74 Å². The van der Waals surface area contributed by atoms with Gasteiger partial charge in [0.1, 0.15) is 0 Å². The average Bonchev–Trinajstić information content (AvgIpc) is 2.44. The molecular weight excluding hydrogens is 240 g/mol. The smallest absolute Gasteiger partial charge is 0.311 e. The normalized spacial score (nSPS) is 10.2. The molecule has 0 saturated heterocycles. The van der Waals surface area contributed by atoms with Gasteiger partial charge in [0.15, 0.2) is 11.5 Å². The zero-order chi connectivity index (χ0) is 13.8. The minimum atomic E-state index is -0.358. The van der Waals surface area contributed by atoms with Crippen LogP contribution in [0.1, 0.15) is 18.9 Å². The maximum absolute atomic E-state index is 11.4. The Morgan fingerprint density at radius 3 is 2.47 bits per heavy atom. The molecule has 0 amide bonds. The summed E-state index contributed by atoms with van der Waals surface area (Å²) in [4.78, 5) is 11.4. The zero-order valence-electron chi connectivity index (χ0n) is 11.0. The van der Waals surface area contributed by atoms with Crippen molar-refractivity contribution in [1.29, 1.82) is 0 Å². The van der Waals surface area contributed by atoms with E-state index in [1.165, 1.54) is 0 Å². The second kappa shape index (κ2) is 5.57. The quantitative estimate of drug-likeness (QED) is 0.673. The van der Waals surface area contributed by atoms with Crippen LogP contribution in [0.5, 0.6) is 11.5 Å². The molecule has 98 valence electrons. The topological polar surface area (TPSA) is 46.5 Å². The van der Waals surface area contributed by atoms with Crippen LogP contribution in [-0.4, -0.2) is 11.1 Å². The van der Waals surface area contributed by atoms with Crippen molar-refractivity contribution in [3.05, 3.63) is 48.0 Å². The lowest BCUT2D eigenvalue weighted by Crippen LogP contribution is -2.07. The second-order valence-electron chi connectivity index (χ2n) is 4.28. The molecule has 0 unspecified atom stereocenters. The molecule has 0 fully saturated rings. The Labute approximate surface area is 112 Å². The third-order valence-electron chi connectivity index (χ3n) is 2.97. The van der Waals surface area contributed by atoms with E-state index in [2.05, 4.69) is 0 Å². The van der Waals surface area contributed by atoms with Gasteiger partial charge >= 0.3 is 5.97 Å². The van der Waals surface area contributed by atoms with Crippen molar-refractivity contribution in [1.82, 2.24) is 0 Å². The number of ether oxygens (including phenoxy) is 1. The van der Waals surface area contributed by atoms with Gasteiger partial charge in [-0.2, -0.15) is 0 Å². The minimum Gasteiger partial charge on any atom is -0.504 e. The molecule has 0 atom stereocenters. The summed E-state index contributed by atoms with van der Waals surface area (Å²) in [6.45, 7) is 3.55. The van der Waals surface area contributed by atoms with E-state index >= 15 is 0 Å². The SMILES string of the molecule is CCC(=O)Oc1c(O)ccc(-c2ccccc2)c1C. The van der Waals surface area contributed by atoms with Crippen molar-refractivity contribution in [3.63, 3.8) is 0 Å². The van der Waals surface area contributed by atoms with Gasteiger partial charge in [0.2, 0.25) is 0 Å². The van der Waals surface area contributed by atoms with Crippen LogP contribution in [0.2, 0.25) is 0 Å². The van der Waals surface area contributed by atoms with E-state index in [0.717, 1.165) is 16.7 Å². The van der Waals surface area contributed by atoms with Gasteiger partial charge in [-0.25, -0.2) is 0 Å². The third-order valence-corrected chi connectivity index (χ3v) is 2.97. The molecule has 3 heteroatoms. The molecule has 0 aliphatic heterocycles. The highest BCUT2D eigenvalue weighted by molar-refractivity contribution is 5.77. The summed E-state index contributed by atoms with van der Waals surface area (Å²) in [6.07, 6.45) is 0.272. The average molecular weight is 256 g/mol. The first-order valence-electron chi connectivity index (χ1n) is 6.22. The highest BCUT2D eigenvalue weighted by atomic mass is 16.5. The molecule has 0 spiro atoms. The molecule has 19 heavy (non-hydrogen) atoms. The van der Waals surface area contributed by atoms with Gasteiger partial charge in [-0.15, -0.1) is 0 Å². The fourth-order valence-electron chi connectivity index (χ4n) is 1.92. The Kier molecular flexibility index (Phi) is 3.85.